The molecule has 20 heavy (non-hydrogen) atoms. The lowest BCUT2D eigenvalue weighted by atomic mass is 10.2. The normalized spacial score (nSPS) is 12.8. The van der Waals surface area contributed by atoms with Gasteiger partial charge in [0.25, 0.3) is 5.56 Å². The number of anilines is 1. The van der Waals surface area contributed by atoms with E-state index in [1.54, 1.807) is 6.07 Å². The molecule has 0 aliphatic heterocycles. The molecule has 2 rings (SSSR count). The van der Waals surface area contributed by atoms with Crippen LogP contribution in [0, 0.1) is 0 Å². The van der Waals surface area contributed by atoms with Crippen LogP contribution in [0.3, 0.4) is 0 Å². The van der Waals surface area contributed by atoms with Crippen LogP contribution in [0.5, 0.6) is 0 Å². The highest BCUT2D eigenvalue weighted by atomic mass is 32.1. The van der Waals surface area contributed by atoms with Gasteiger partial charge in [0, 0.05) is 24.4 Å². The van der Waals surface area contributed by atoms with Crippen LogP contribution >= 0.6 is 11.3 Å². The van der Waals surface area contributed by atoms with Crippen LogP contribution in [-0.4, -0.2) is 32.4 Å². The fourth-order valence-electron chi connectivity index (χ4n) is 2.01. The Hall–Kier alpha value is -1.47. The first-order chi connectivity index (χ1) is 9.67. The van der Waals surface area contributed by atoms with Gasteiger partial charge in [0.2, 0.25) is 10.1 Å². The van der Waals surface area contributed by atoms with E-state index in [9.17, 15) is 4.79 Å². The zero-order valence-electron chi connectivity index (χ0n) is 11.8. The maximum absolute atomic E-state index is 12.0. The zero-order valence-corrected chi connectivity index (χ0v) is 12.6. The number of aliphatic hydroxyl groups is 1. The summed E-state index contributed by atoms with van der Waals surface area (Å²) < 4.78 is 1.33. The number of aromatic nitrogens is 3. The molecular formula is C13H20N4O2S. The molecule has 1 unspecified atom stereocenters. The molecule has 2 N–H and O–H groups in total. The summed E-state index contributed by atoms with van der Waals surface area (Å²) >= 11 is 1.37. The molecule has 2 heterocycles. The van der Waals surface area contributed by atoms with Crippen LogP contribution in [0.2, 0.25) is 0 Å². The predicted molar refractivity (Wildman–Crippen MR) is 80.5 cm³/mol. The summed E-state index contributed by atoms with van der Waals surface area (Å²) in [6.45, 7) is 4.24. The summed E-state index contributed by atoms with van der Waals surface area (Å²) in [7, 11) is 0. The lowest BCUT2D eigenvalue weighted by molar-refractivity contribution is 0.278. The minimum atomic E-state index is -0.141. The Labute approximate surface area is 121 Å². The van der Waals surface area contributed by atoms with E-state index < -0.39 is 0 Å². The number of aliphatic hydroxyl groups excluding tert-OH is 1. The molecule has 7 heteroatoms. The van der Waals surface area contributed by atoms with E-state index >= 15 is 0 Å². The standard InChI is InChI=1S/C13H20N4O2S/c1-3-5-10-8-11(19)17-13(15-10)20-12(16-17)14-9(4-2)6-7-18/h8-9,18H,3-7H2,1-2H3,(H,14,16). The van der Waals surface area contributed by atoms with Gasteiger partial charge in [0.05, 0.1) is 0 Å². The number of nitrogens with zero attached hydrogens (tertiary/aromatic N) is 3. The Kier molecular flexibility index (Phi) is 5.08. The highest BCUT2D eigenvalue weighted by Gasteiger charge is 2.12. The first-order valence-electron chi connectivity index (χ1n) is 6.95. The van der Waals surface area contributed by atoms with Gasteiger partial charge in [-0.25, -0.2) is 4.98 Å². The van der Waals surface area contributed by atoms with Crippen molar-refractivity contribution in [2.45, 2.75) is 45.6 Å². The average Bonchev–Trinajstić information content (AvgIpc) is 2.82. The molecule has 0 saturated heterocycles. The van der Waals surface area contributed by atoms with E-state index in [0.717, 1.165) is 25.0 Å². The zero-order chi connectivity index (χ0) is 14.5. The Morgan fingerprint density at radius 3 is 2.95 bits per heavy atom. The Morgan fingerprint density at radius 2 is 2.30 bits per heavy atom. The third kappa shape index (κ3) is 3.34. The first kappa shape index (κ1) is 14.9. The third-order valence-corrected chi connectivity index (χ3v) is 3.94. The highest BCUT2D eigenvalue weighted by Crippen LogP contribution is 2.19. The van der Waals surface area contributed by atoms with Crippen molar-refractivity contribution in [1.82, 2.24) is 14.6 Å². The average molecular weight is 296 g/mol. The molecular weight excluding hydrogens is 276 g/mol. The topological polar surface area (TPSA) is 79.5 Å². The van der Waals surface area contributed by atoms with E-state index in [0.29, 0.717) is 16.5 Å². The fourth-order valence-corrected chi connectivity index (χ4v) is 2.91. The maximum Gasteiger partial charge on any atom is 0.275 e. The molecule has 0 aromatic carbocycles. The molecule has 0 aliphatic carbocycles. The van der Waals surface area contributed by atoms with Crippen molar-refractivity contribution < 1.29 is 5.11 Å². The quantitative estimate of drug-likeness (QED) is 0.812. The number of fused-ring (bicyclic) bond motifs is 1. The van der Waals surface area contributed by atoms with E-state index in [2.05, 4.69) is 22.3 Å². The van der Waals surface area contributed by atoms with Gasteiger partial charge in [-0.2, -0.15) is 4.52 Å². The van der Waals surface area contributed by atoms with Crippen LogP contribution < -0.4 is 10.9 Å². The summed E-state index contributed by atoms with van der Waals surface area (Å²) in [4.78, 5) is 17.0. The summed E-state index contributed by atoms with van der Waals surface area (Å²) in [5.41, 5.74) is 0.674. The molecule has 0 aliphatic rings. The molecule has 1 atom stereocenters. The van der Waals surface area contributed by atoms with Crippen molar-refractivity contribution in [3.8, 4) is 0 Å². The minimum Gasteiger partial charge on any atom is -0.396 e. The van der Waals surface area contributed by atoms with E-state index in [1.807, 2.05) is 6.92 Å². The molecule has 0 radical (unpaired) electrons. The Balaban J connectivity index is 2.28. The second kappa shape index (κ2) is 6.81. The number of hydrogen-bond acceptors (Lipinski definition) is 6. The Morgan fingerprint density at radius 1 is 1.50 bits per heavy atom. The van der Waals surface area contributed by atoms with E-state index in [1.165, 1.54) is 15.9 Å². The van der Waals surface area contributed by atoms with Crippen LogP contribution in [0.15, 0.2) is 10.9 Å². The van der Waals surface area contributed by atoms with Gasteiger partial charge >= 0.3 is 0 Å². The largest absolute Gasteiger partial charge is 0.396 e. The monoisotopic (exact) mass is 296 g/mol. The third-order valence-electron chi connectivity index (χ3n) is 3.10. The summed E-state index contributed by atoms with van der Waals surface area (Å²) in [6.07, 6.45) is 3.31. The van der Waals surface area contributed by atoms with Gasteiger partial charge < -0.3 is 10.4 Å². The molecule has 2 aromatic rings. The smallest absolute Gasteiger partial charge is 0.275 e. The van der Waals surface area contributed by atoms with E-state index in [-0.39, 0.29) is 18.2 Å². The van der Waals surface area contributed by atoms with Gasteiger partial charge in [-0.1, -0.05) is 31.6 Å². The molecule has 0 fully saturated rings. The number of rotatable bonds is 7. The van der Waals surface area contributed by atoms with Crippen LogP contribution in [-0.2, 0) is 6.42 Å². The van der Waals surface area contributed by atoms with Crippen LogP contribution in [0.25, 0.3) is 4.96 Å². The molecule has 0 bridgehead atoms. The Bertz CT molecular complexity index is 622. The lowest BCUT2D eigenvalue weighted by Gasteiger charge is -2.13. The molecule has 6 nitrogen and oxygen atoms in total. The number of hydrogen-bond donors (Lipinski definition) is 2. The number of nitrogens with one attached hydrogen (secondary N) is 1. The van der Waals surface area contributed by atoms with Crippen molar-refractivity contribution in [2.24, 2.45) is 0 Å². The van der Waals surface area contributed by atoms with Gasteiger partial charge in [-0.05, 0) is 19.3 Å². The van der Waals surface area contributed by atoms with Crippen molar-refractivity contribution in [3.05, 3.63) is 22.1 Å². The van der Waals surface area contributed by atoms with Gasteiger partial charge in [-0.15, -0.1) is 5.10 Å². The SMILES string of the molecule is CCCc1cc(=O)n2nc(NC(CC)CCO)sc2n1. The maximum atomic E-state index is 12.0. The molecule has 110 valence electrons. The first-order valence-corrected chi connectivity index (χ1v) is 7.76. The summed E-state index contributed by atoms with van der Waals surface area (Å²) in [6, 6.07) is 1.71. The number of aryl methyl sites for hydroxylation is 1. The van der Waals surface area contributed by atoms with E-state index in [4.69, 9.17) is 5.11 Å². The van der Waals surface area contributed by atoms with Crippen molar-refractivity contribution in [3.63, 3.8) is 0 Å². The van der Waals surface area contributed by atoms with Crippen molar-refractivity contribution in [1.29, 1.82) is 0 Å². The second-order valence-corrected chi connectivity index (χ2v) is 5.66. The van der Waals surface area contributed by atoms with Gasteiger partial charge in [-0.3, -0.25) is 4.79 Å². The predicted octanol–water partition coefficient (Wildman–Crippen LogP) is 1.68. The summed E-state index contributed by atoms with van der Waals surface area (Å²) in [5, 5.41) is 17.2. The minimum absolute atomic E-state index is 0.134. The van der Waals surface area contributed by atoms with Gasteiger partial charge in [0.1, 0.15) is 0 Å². The van der Waals surface area contributed by atoms with Crippen LogP contribution in [0.4, 0.5) is 5.13 Å². The van der Waals surface area contributed by atoms with Crippen LogP contribution in [0.1, 0.15) is 38.8 Å². The van der Waals surface area contributed by atoms with Crippen molar-refractivity contribution in [2.75, 3.05) is 11.9 Å². The summed E-state index contributed by atoms with van der Waals surface area (Å²) in [5.74, 6) is 0. The molecule has 0 amide bonds. The van der Waals surface area contributed by atoms with Crippen molar-refractivity contribution >= 4 is 21.4 Å². The fraction of sp³-hybridized carbons (Fsp3) is 0.615. The molecule has 0 saturated carbocycles. The second-order valence-electron chi connectivity index (χ2n) is 4.70. The molecule has 0 spiro atoms. The highest BCUT2D eigenvalue weighted by molar-refractivity contribution is 7.20. The lowest BCUT2D eigenvalue weighted by Crippen LogP contribution is -2.20. The molecule has 2 aromatic heterocycles. The van der Waals surface area contributed by atoms with Gasteiger partial charge in [0.15, 0.2) is 0 Å².